The van der Waals surface area contributed by atoms with Gasteiger partial charge in [-0.05, 0) is 17.6 Å². The van der Waals surface area contributed by atoms with Crippen molar-refractivity contribution < 1.29 is 39.0 Å². The van der Waals surface area contributed by atoms with Crippen LogP contribution in [0.1, 0.15) is 0 Å². The lowest BCUT2D eigenvalue weighted by atomic mass is 9.80. The maximum atomic E-state index is 10.3. The highest BCUT2D eigenvalue weighted by atomic mass is 16.5. The van der Waals surface area contributed by atoms with E-state index in [1.165, 1.54) is 27.4 Å². The third-order valence-electron chi connectivity index (χ3n) is 2.48. The van der Waals surface area contributed by atoms with Crippen LogP contribution in [0, 0.1) is 0 Å². The van der Waals surface area contributed by atoms with Crippen molar-refractivity contribution in [3.63, 3.8) is 0 Å². The van der Waals surface area contributed by atoms with Crippen molar-refractivity contribution in [1.82, 2.24) is 5.32 Å². The van der Waals surface area contributed by atoms with E-state index in [1.807, 2.05) is 0 Å². The van der Waals surface area contributed by atoms with E-state index in [4.69, 9.17) is 24.6 Å². The van der Waals surface area contributed by atoms with Gasteiger partial charge in [0.1, 0.15) is 0 Å². The topological polar surface area (TPSA) is 135 Å². The minimum atomic E-state index is -1.49. The second-order valence-electron chi connectivity index (χ2n) is 4.06. The molecule has 0 amide bonds. The second kappa shape index (κ2) is 11.3. The zero-order valence-corrected chi connectivity index (χ0v) is 13.1. The van der Waals surface area contributed by atoms with Gasteiger partial charge in [0.05, 0.1) is 34.4 Å². The van der Waals surface area contributed by atoms with Crippen LogP contribution in [0.25, 0.3) is 0 Å². The number of carbonyl (C=O) groups is 2. The van der Waals surface area contributed by atoms with Crippen LogP contribution in [0.2, 0.25) is 0 Å². The minimum Gasteiger partial charge on any atom is -0.493 e. The first-order chi connectivity index (χ1) is 10.8. The summed E-state index contributed by atoms with van der Waals surface area (Å²) in [7, 11) is 2.77. The van der Waals surface area contributed by atoms with Gasteiger partial charge in [-0.15, -0.1) is 0 Å². The molecule has 10 heteroatoms. The van der Waals surface area contributed by atoms with E-state index < -0.39 is 19.1 Å². The summed E-state index contributed by atoms with van der Waals surface area (Å²) in [4.78, 5) is 20.2. The molecule has 0 radical (unpaired) electrons. The molecule has 9 nitrogen and oxygen atoms in total. The number of nitrogens with one attached hydrogen (secondary N) is 1. The summed E-state index contributed by atoms with van der Waals surface area (Å²) in [6, 6.07) is 4.70. The third kappa shape index (κ3) is 8.66. The molecule has 4 N–H and O–H groups in total. The molecule has 0 fully saturated rings. The molecule has 1 rings (SSSR count). The Morgan fingerprint density at radius 1 is 1.09 bits per heavy atom. The molecule has 0 atom stereocenters. The number of carboxylic acid groups (broad SMARTS) is 1. The molecular weight excluding hydrogens is 309 g/mol. The molecule has 0 spiro atoms. The fraction of sp³-hybridized carbons (Fsp3) is 0.385. The van der Waals surface area contributed by atoms with Crippen LogP contribution in [0.4, 0.5) is 0 Å². The first-order valence-electron chi connectivity index (χ1n) is 6.43. The summed E-state index contributed by atoms with van der Waals surface area (Å²) in [6.45, 7) is -0.294. The minimum absolute atomic E-state index is 0.0667. The summed E-state index contributed by atoms with van der Waals surface area (Å²) in [5.41, 5.74) is 0.373. The van der Waals surface area contributed by atoms with E-state index in [1.54, 1.807) is 12.1 Å². The average molecular weight is 329 g/mol. The molecule has 0 unspecified atom stereocenters. The van der Waals surface area contributed by atoms with Gasteiger partial charge in [-0.1, -0.05) is 6.07 Å². The normalized spacial score (nSPS) is 9.26. The zero-order valence-electron chi connectivity index (χ0n) is 13.1. The number of methoxy groups -OCH3 is 3. The summed E-state index contributed by atoms with van der Waals surface area (Å²) >= 11 is 0. The van der Waals surface area contributed by atoms with Crippen LogP contribution in [-0.2, 0) is 14.3 Å². The Hall–Kier alpha value is -2.30. The molecule has 1 aromatic carbocycles. The molecular formula is C13H20BNO8. The van der Waals surface area contributed by atoms with E-state index >= 15 is 0 Å². The Bertz CT molecular complexity index is 509. The van der Waals surface area contributed by atoms with Crippen LogP contribution >= 0.6 is 0 Å². The maximum Gasteiger partial charge on any atom is 0.488 e. The quantitative estimate of drug-likeness (QED) is 0.338. The van der Waals surface area contributed by atoms with E-state index in [0.29, 0.717) is 17.0 Å². The highest BCUT2D eigenvalue weighted by Crippen LogP contribution is 2.24. The van der Waals surface area contributed by atoms with Crippen LogP contribution in [0.3, 0.4) is 0 Å². The number of hydrogen-bond donors (Lipinski definition) is 4. The lowest BCUT2D eigenvalue weighted by Gasteiger charge is -2.08. The summed E-state index contributed by atoms with van der Waals surface area (Å²) in [6.07, 6.45) is 0. The molecule has 23 heavy (non-hydrogen) atoms. The highest BCUT2D eigenvalue weighted by Gasteiger charge is 2.13. The number of ether oxygens (including phenoxy) is 3. The number of aliphatic carboxylic acids is 1. The Labute approximate surface area is 133 Å². The number of carboxylic acids is 1. The largest absolute Gasteiger partial charge is 0.493 e. The first-order valence-corrected chi connectivity index (χ1v) is 6.43. The monoisotopic (exact) mass is 329 g/mol. The molecule has 128 valence electrons. The van der Waals surface area contributed by atoms with Gasteiger partial charge in [-0.3, -0.25) is 14.9 Å². The van der Waals surface area contributed by atoms with Crippen molar-refractivity contribution >= 4 is 24.5 Å². The second-order valence-corrected chi connectivity index (χ2v) is 4.06. The van der Waals surface area contributed by atoms with Gasteiger partial charge < -0.3 is 29.4 Å². The van der Waals surface area contributed by atoms with Crippen LogP contribution in [0.15, 0.2) is 18.2 Å². The van der Waals surface area contributed by atoms with Gasteiger partial charge in [0.15, 0.2) is 11.5 Å². The Morgan fingerprint density at radius 2 is 1.70 bits per heavy atom. The number of rotatable bonds is 7. The van der Waals surface area contributed by atoms with Gasteiger partial charge in [-0.25, -0.2) is 0 Å². The number of esters is 1. The fourth-order valence-corrected chi connectivity index (χ4v) is 1.36. The number of carbonyl (C=O) groups excluding carboxylic acids is 1. The SMILES string of the molecule is COC(=O)CNCC(=O)O.COc1ccc(B(O)O)cc1OC. The number of benzene rings is 1. The summed E-state index contributed by atoms with van der Waals surface area (Å²) in [5, 5.41) is 28.2. The Morgan fingerprint density at radius 3 is 2.13 bits per heavy atom. The van der Waals surface area contributed by atoms with Crippen molar-refractivity contribution in [2.75, 3.05) is 34.4 Å². The van der Waals surface area contributed by atoms with Crippen molar-refractivity contribution in [3.05, 3.63) is 18.2 Å². The van der Waals surface area contributed by atoms with Gasteiger partial charge >= 0.3 is 19.1 Å². The van der Waals surface area contributed by atoms with E-state index in [2.05, 4.69) is 10.1 Å². The smallest absolute Gasteiger partial charge is 0.488 e. The molecule has 1 aromatic rings. The predicted molar refractivity (Wildman–Crippen MR) is 81.9 cm³/mol. The Kier molecular flexibility index (Phi) is 10.2. The van der Waals surface area contributed by atoms with Crippen molar-refractivity contribution in [1.29, 1.82) is 0 Å². The zero-order chi connectivity index (χ0) is 17.8. The molecule has 0 saturated heterocycles. The molecule has 0 bridgehead atoms. The van der Waals surface area contributed by atoms with Gasteiger partial charge in [-0.2, -0.15) is 0 Å². The predicted octanol–water partition coefficient (Wildman–Crippen LogP) is -1.78. The van der Waals surface area contributed by atoms with Crippen molar-refractivity contribution in [2.45, 2.75) is 0 Å². The molecule has 0 saturated carbocycles. The Balaban J connectivity index is 0.000000438. The van der Waals surface area contributed by atoms with Gasteiger partial charge in [0, 0.05) is 0 Å². The summed E-state index contributed by atoms with van der Waals surface area (Å²) < 4.78 is 14.2. The highest BCUT2D eigenvalue weighted by molar-refractivity contribution is 6.58. The maximum absolute atomic E-state index is 10.3. The van der Waals surface area contributed by atoms with Crippen LogP contribution < -0.4 is 20.3 Å². The third-order valence-corrected chi connectivity index (χ3v) is 2.48. The average Bonchev–Trinajstić information content (AvgIpc) is 2.54. The molecule has 0 heterocycles. The van der Waals surface area contributed by atoms with Crippen LogP contribution in [-0.4, -0.2) is 68.6 Å². The summed E-state index contributed by atoms with van der Waals surface area (Å²) in [5.74, 6) is -0.426. The van der Waals surface area contributed by atoms with E-state index in [-0.39, 0.29) is 13.1 Å². The van der Waals surface area contributed by atoms with E-state index in [0.717, 1.165) is 0 Å². The first kappa shape index (κ1) is 20.7. The molecule has 0 aliphatic rings. The van der Waals surface area contributed by atoms with Crippen LogP contribution in [0.5, 0.6) is 11.5 Å². The lowest BCUT2D eigenvalue weighted by molar-refractivity contribution is -0.140. The van der Waals surface area contributed by atoms with Crippen molar-refractivity contribution in [2.24, 2.45) is 0 Å². The van der Waals surface area contributed by atoms with Gasteiger partial charge in [0.2, 0.25) is 0 Å². The fourth-order valence-electron chi connectivity index (χ4n) is 1.36. The van der Waals surface area contributed by atoms with Crippen molar-refractivity contribution in [3.8, 4) is 11.5 Å². The number of hydrogen-bond acceptors (Lipinski definition) is 8. The molecule has 0 aliphatic heterocycles. The lowest BCUT2D eigenvalue weighted by Crippen LogP contribution is -2.29. The van der Waals surface area contributed by atoms with Gasteiger partial charge in [0.25, 0.3) is 0 Å². The molecule has 0 aliphatic carbocycles. The standard InChI is InChI=1S/C8H11BO4.C5H9NO4/c1-12-7-4-3-6(9(10)11)5-8(7)13-2;1-10-5(9)3-6-2-4(7)8/h3-5,10-11H,1-2H3;6H,2-3H2,1H3,(H,7,8). The molecule has 0 aromatic heterocycles. The van der Waals surface area contributed by atoms with E-state index in [9.17, 15) is 9.59 Å².